The van der Waals surface area contributed by atoms with Gasteiger partial charge >= 0.3 is 0 Å². The molecule has 2 aromatic carbocycles. The Labute approximate surface area is 227 Å². The van der Waals surface area contributed by atoms with Crippen molar-refractivity contribution >= 4 is 28.3 Å². The molecular weight excluding hydrogens is 495 g/mol. The number of benzene rings is 2. The number of rotatable bonds is 9. The Bertz CT molecular complexity index is 1450. The van der Waals surface area contributed by atoms with Crippen LogP contribution in [-0.2, 0) is 4.79 Å². The van der Waals surface area contributed by atoms with Gasteiger partial charge in [0.25, 0.3) is 0 Å². The number of anilines is 2. The van der Waals surface area contributed by atoms with Gasteiger partial charge in [-0.2, -0.15) is 0 Å². The van der Waals surface area contributed by atoms with Crippen LogP contribution in [0.2, 0.25) is 0 Å². The summed E-state index contributed by atoms with van der Waals surface area (Å²) in [6.07, 6.45) is 6.03. The molecule has 5 rings (SSSR count). The summed E-state index contributed by atoms with van der Waals surface area (Å²) in [5, 5.41) is 11.3. The van der Waals surface area contributed by atoms with Crippen LogP contribution in [0.15, 0.2) is 60.9 Å². The van der Waals surface area contributed by atoms with E-state index in [9.17, 15) is 9.18 Å². The molecule has 1 fully saturated rings. The predicted molar refractivity (Wildman–Crippen MR) is 152 cm³/mol. The zero-order valence-electron chi connectivity index (χ0n) is 22.2. The number of halogens is 1. The Morgan fingerprint density at radius 3 is 2.82 bits per heavy atom. The van der Waals surface area contributed by atoms with Crippen LogP contribution in [0.25, 0.3) is 22.0 Å². The second-order valence-electron chi connectivity index (χ2n) is 9.77. The minimum absolute atomic E-state index is 0.282. The van der Waals surface area contributed by atoms with Crippen molar-refractivity contribution in [2.24, 2.45) is 5.92 Å². The molecule has 3 N–H and O–H groups in total. The molecule has 4 aromatic rings. The minimum Gasteiger partial charge on any atom is -0.437 e. The summed E-state index contributed by atoms with van der Waals surface area (Å²) in [6, 6.07) is 15.4. The highest BCUT2D eigenvalue weighted by atomic mass is 19.1. The monoisotopic (exact) mass is 528 g/mol. The molecule has 8 nitrogen and oxygen atoms in total. The van der Waals surface area contributed by atoms with E-state index in [1.165, 1.54) is 0 Å². The van der Waals surface area contributed by atoms with E-state index in [0.29, 0.717) is 35.4 Å². The number of fused-ring (bicyclic) bond motifs is 1. The van der Waals surface area contributed by atoms with Gasteiger partial charge in [0.15, 0.2) is 0 Å². The maximum absolute atomic E-state index is 13.3. The van der Waals surface area contributed by atoms with Crippen LogP contribution >= 0.6 is 0 Å². The number of hydrogen-bond acceptors (Lipinski definition) is 7. The average Bonchev–Trinajstić information content (AvgIpc) is 2.96. The standard InChI is InChI=1S/C30H33FN6O2/c1-3-20(17-31)28(38)36-25-10-4-8-23-22(25)12-11-19(2)27(23)39-29-24(9-6-15-33-29)26-13-16-34-30(37-26)35-21-7-5-14-32-18-21/h4,6,8-13,15-16,20-21,32H,3,5,7,14,17-18H2,1-2H3,(H,36,38)(H,34,35,37)/t20-,21?/m1/s1. The topological polar surface area (TPSA) is 101 Å². The highest BCUT2D eigenvalue weighted by molar-refractivity contribution is 6.05. The third-order valence-corrected chi connectivity index (χ3v) is 7.05. The normalized spacial score (nSPS) is 16.0. The van der Waals surface area contributed by atoms with E-state index < -0.39 is 12.6 Å². The fourth-order valence-electron chi connectivity index (χ4n) is 4.78. The van der Waals surface area contributed by atoms with Crippen LogP contribution in [-0.4, -0.2) is 46.7 Å². The number of amides is 1. The van der Waals surface area contributed by atoms with E-state index in [4.69, 9.17) is 9.72 Å². The first-order valence-electron chi connectivity index (χ1n) is 13.4. The summed E-state index contributed by atoms with van der Waals surface area (Å²) in [5.74, 6) is 0.590. The zero-order chi connectivity index (χ0) is 27.2. The summed E-state index contributed by atoms with van der Waals surface area (Å²) >= 11 is 0. The van der Waals surface area contributed by atoms with Gasteiger partial charge in [-0.25, -0.2) is 15.0 Å². The lowest BCUT2D eigenvalue weighted by Crippen LogP contribution is -2.38. The molecule has 39 heavy (non-hydrogen) atoms. The van der Waals surface area contributed by atoms with Crippen molar-refractivity contribution in [2.75, 3.05) is 30.4 Å². The van der Waals surface area contributed by atoms with Gasteiger partial charge in [0, 0.05) is 41.4 Å². The quantitative estimate of drug-likeness (QED) is 0.249. The number of ether oxygens (including phenoxy) is 1. The van der Waals surface area contributed by atoms with Crippen molar-refractivity contribution in [3.05, 3.63) is 66.5 Å². The van der Waals surface area contributed by atoms with Gasteiger partial charge in [0.05, 0.1) is 17.2 Å². The molecule has 0 radical (unpaired) electrons. The first-order valence-corrected chi connectivity index (χ1v) is 13.4. The Balaban J connectivity index is 1.46. The number of carbonyl (C=O) groups is 1. The van der Waals surface area contributed by atoms with Crippen molar-refractivity contribution in [1.29, 1.82) is 0 Å². The predicted octanol–water partition coefficient (Wildman–Crippen LogP) is 5.89. The van der Waals surface area contributed by atoms with Crippen molar-refractivity contribution in [2.45, 2.75) is 39.2 Å². The summed E-state index contributed by atoms with van der Waals surface area (Å²) in [7, 11) is 0. The highest BCUT2D eigenvalue weighted by Crippen LogP contribution is 2.38. The molecule has 3 heterocycles. The number of pyridine rings is 1. The molecule has 1 aliphatic heterocycles. The molecular formula is C30H33FN6O2. The van der Waals surface area contributed by atoms with Crippen LogP contribution < -0.4 is 20.7 Å². The van der Waals surface area contributed by atoms with Crippen LogP contribution in [0, 0.1) is 12.8 Å². The highest BCUT2D eigenvalue weighted by Gasteiger charge is 2.20. The summed E-state index contributed by atoms with van der Waals surface area (Å²) in [5.41, 5.74) is 2.95. The lowest BCUT2D eigenvalue weighted by molar-refractivity contribution is -0.120. The first kappa shape index (κ1) is 26.5. The maximum Gasteiger partial charge on any atom is 0.230 e. The Morgan fingerprint density at radius 1 is 1.13 bits per heavy atom. The van der Waals surface area contributed by atoms with Gasteiger partial charge in [-0.3, -0.25) is 9.18 Å². The summed E-state index contributed by atoms with van der Waals surface area (Å²) in [6.45, 7) is 4.99. The number of alkyl halides is 1. The van der Waals surface area contributed by atoms with Crippen LogP contribution in [0.5, 0.6) is 11.6 Å². The van der Waals surface area contributed by atoms with Gasteiger partial charge in [0.2, 0.25) is 17.7 Å². The number of aryl methyl sites for hydroxylation is 1. The van der Waals surface area contributed by atoms with Crippen molar-refractivity contribution in [3.8, 4) is 22.9 Å². The molecule has 1 aliphatic rings. The number of nitrogens with one attached hydrogen (secondary N) is 3. The van der Waals surface area contributed by atoms with E-state index in [1.807, 2.05) is 55.5 Å². The molecule has 0 spiro atoms. The van der Waals surface area contributed by atoms with Gasteiger partial charge in [-0.05, 0) is 62.6 Å². The average molecular weight is 529 g/mol. The third-order valence-electron chi connectivity index (χ3n) is 7.05. The second-order valence-corrected chi connectivity index (χ2v) is 9.77. The van der Waals surface area contributed by atoms with Crippen molar-refractivity contribution < 1.29 is 13.9 Å². The minimum atomic E-state index is -0.694. The number of nitrogens with zero attached hydrogens (tertiary/aromatic N) is 3. The van der Waals surface area contributed by atoms with Crippen molar-refractivity contribution in [3.63, 3.8) is 0 Å². The number of carbonyl (C=O) groups excluding carboxylic acids is 1. The van der Waals surface area contributed by atoms with E-state index >= 15 is 0 Å². The number of aromatic nitrogens is 3. The van der Waals surface area contributed by atoms with E-state index in [1.54, 1.807) is 19.3 Å². The molecule has 1 unspecified atom stereocenters. The molecule has 1 saturated heterocycles. The Kier molecular flexibility index (Phi) is 8.27. The fourth-order valence-corrected chi connectivity index (χ4v) is 4.78. The van der Waals surface area contributed by atoms with E-state index in [2.05, 4.69) is 25.9 Å². The van der Waals surface area contributed by atoms with Gasteiger partial charge in [0.1, 0.15) is 12.4 Å². The summed E-state index contributed by atoms with van der Waals surface area (Å²) < 4.78 is 19.8. The molecule has 2 aromatic heterocycles. The molecule has 0 saturated carbocycles. The van der Waals surface area contributed by atoms with Crippen LogP contribution in [0.1, 0.15) is 31.7 Å². The second kappa shape index (κ2) is 12.2. The molecule has 0 bridgehead atoms. The maximum atomic E-state index is 13.3. The zero-order valence-corrected chi connectivity index (χ0v) is 22.2. The van der Waals surface area contributed by atoms with Gasteiger partial charge in [-0.15, -0.1) is 0 Å². The Morgan fingerprint density at radius 2 is 2.03 bits per heavy atom. The summed E-state index contributed by atoms with van der Waals surface area (Å²) in [4.78, 5) is 26.3. The fraction of sp³-hybridized carbons (Fsp3) is 0.333. The van der Waals surface area contributed by atoms with Gasteiger partial charge < -0.3 is 20.7 Å². The van der Waals surface area contributed by atoms with Crippen LogP contribution in [0.4, 0.5) is 16.0 Å². The molecule has 2 atom stereocenters. The number of piperidine rings is 1. The Hall–Kier alpha value is -4.11. The molecule has 9 heteroatoms. The van der Waals surface area contributed by atoms with E-state index in [0.717, 1.165) is 47.8 Å². The first-order chi connectivity index (χ1) is 19.1. The third kappa shape index (κ3) is 5.98. The lowest BCUT2D eigenvalue weighted by atomic mass is 10.0. The largest absolute Gasteiger partial charge is 0.437 e. The SMILES string of the molecule is CC[C@H](CF)C(=O)Nc1cccc2c(Oc3ncccc3-c3ccnc(NC4CCCNC4)n3)c(C)ccc12. The molecule has 202 valence electrons. The molecule has 0 aliphatic carbocycles. The smallest absolute Gasteiger partial charge is 0.230 e. The number of hydrogen-bond donors (Lipinski definition) is 3. The van der Waals surface area contributed by atoms with Gasteiger partial charge in [-0.1, -0.05) is 31.2 Å². The molecule has 1 amide bonds. The van der Waals surface area contributed by atoms with Crippen molar-refractivity contribution in [1.82, 2.24) is 20.3 Å². The lowest BCUT2D eigenvalue weighted by Gasteiger charge is -2.23. The van der Waals surface area contributed by atoms with E-state index in [-0.39, 0.29) is 11.9 Å². The van der Waals surface area contributed by atoms with Crippen LogP contribution in [0.3, 0.4) is 0 Å².